The summed E-state index contributed by atoms with van der Waals surface area (Å²) in [6.07, 6.45) is 1.62. The van der Waals surface area contributed by atoms with Crippen LogP contribution < -0.4 is 5.32 Å². The smallest absolute Gasteiger partial charge is 0.253 e. The summed E-state index contributed by atoms with van der Waals surface area (Å²) in [7, 11) is 0. The Hall–Kier alpha value is -2.36. The number of nitrogens with one attached hydrogen (secondary N) is 1. The van der Waals surface area contributed by atoms with E-state index in [9.17, 15) is 9.18 Å². The molecule has 2 aromatic rings. The average molecular weight is 272 g/mol. The molecule has 3 nitrogen and oxygen atoms in total. The molecule has 0 aliphatic rings. The zero-order chi connectivity index (χ0) is 14.7. The van der Waals surface area contributed by atoms with E-state index in [0.29, 0.717) is 23.5 Å². The summed E-state index contributed by atoms with van der Waals surface area (Å²) in [6, 6.07) is 8.28. The molecule has 1 aromatic carbocycles. The number of para-hydroxylation sites is 1. The van der Waals surface area contributed by atoms with Crippen molar-refractivity contribution in [1.82, 2.24) is 9.88 Å². The summed E-state index contributed by atoms with van der Waals surface area (Å²) in [5, 5.41) is 2.73. The van der Waals surface area contributed by atoms with Crippen LogP contribution in [-0.4, -0.2) is 17.0 Å². The number of carbonyl (C=O) groups is 1. The Balaban J connectivity index is 2.47. The van der Waals surface area contributed by atoms with Crippen LogP contribution in [0.4, 0.5) is 4.39 Å². The SMILES string of the molecule is C=CCNC(=O)c1cc(C)n(-c2ccccc2F)c1C. The molecule has 0 atom stereocenters. The molecule has 104 valence electrons. The van der Waals surface area contributed by atoms with Crippen LogP contribution in [0.15, 0.2) is 43.0 Å². The summed E-state index contributed by atoms with van der Waals surface area (Å²) in [5.74, 6) is -0.493. The summed E-state index contributed by atoms with van der Waals surface area (Å²) < 4.78 is 15.7. The van der Waals surface area contributed by atoms with Gasteiger partial charge in [0.2, 0.25) is 0 Å². The molecule has 0 aliphatic heterocycles. The third-order valence-corrected chi connectivity index (χ3v) is 3.18. The van der Waals surface area contributed by atoms with Crippen molar-refractivity contribution in [2.24, 2.45) is 0 Å². The van der Waals surface area contributed by atoms with E-state index >= 15 is 0 Å². The van der Waals surface area contributed by atoms with Crippen molar-refractivity contribution in [2.45, 2.75) is 13.8 Å². The second-order valence-electron chi connectivity index (χ2n) is 4.57. The molecule has 1 aromatic heterocycles. The van der Waals surface area contributed by atoms with Gasteiger partial charge >= 0.3 is 0 Å². The van der Waals surface area contributed by atoms with Crippen molar-refractivity contribution in [3.8, 4) is 5.69 Å². The molecule has 1 heterocycles. The first-order valence-electron chi connectivity index (χ1n) is 6.39. The number of halogens is 1. The molecule has 0 radical (unpaired) electrons. The van der Waals surface area contributed by atoms with Gasteiger partial charge in [-0.15, -0.1) is 6.58 Å². The van der Waals surface area contributed by atoms with Crippen LogP contribution >= 0.6 is 0 Å². The van der Waals surface area contributed by atoms with E-state index in [4.69, 9.17) is 0 Å². The van der Waals surface area contributed by atoms with Crippen LogP contribution in [0, 0.1) is 19.7 Å². The first-order valence-corrected chi connectivity index (χ1v) is 6.39. The van der Waals surface area contributed by atoms with Crippen molar-refractivity contribution in [3.63, 3.8) is 0 Å². The molecule has 0 aliphatic carbocycles. The standard InChI is InChI=1S/C16H17FN2O/c1-4-9-18-16(20)13-10-11(2)19(12(13)3)15-8-6-5-7-14(15)17/h4-8,10H,1,9H2,2-3H3,(H,18,20). The van der Waals surface area contributed by atoms with Crippen molar-refractivity contribution >= 4 is 5.91 Å². The first kappa shape index (κ1) is 14.1. The Kier molecular flexibility index (Phi) is 4.03. The molecule has 0 saturated carbocycles. The van der Waals surface area contributed by atoms with Crippen LogP contribution in [0.1, 0.15) is 21.7 Å². The maximum Gasteiger partial charge on any atom is 0.253 e. The quantitative estimate of drug-likeness (QED) is 0.852. The van der Waals surface area contributed by atoms with Gasteiger partial charge in [-0.05, 0) is 32.0 Å². The minimum Gasteiger partial charge on any atom is -0.349 e. The maximum atomic E-state index is 13.9. The van der Waals surface area contributed by atoms with Gasteiger partial charge in [0.05, 0.1) is 11.3 Å². The Labute approximate surface area is 117 Å². The van der Waals surface area contributed by atoms with Gasteiger partial charge in [-0.25, -0.2) is 4.39 Å². The van der Waals surface area contributed by atoms with E-state index in [0.717, 1.165) is 5.69 Å². The zero-order valence-electron chi connectivity index (χ0n) is 11.6. The number of hydrogen-bond acceptors (Lipinski definition) is 1. The van der Waals surface area contributed by atoms with E-state index in [-0.39, 0.29) is 11.7 Å². The van der Waals surface area contributed by atoms with Crippen LogP contribution in [0.3, 0.4) is 0 Å². The molecule has 0 bridgehead atoms. The van der Waals surface area contributed by atoms with E-state index in [1.807, 2.05) is 13.8 Å². The molecule has 2 rings (SSSR count). The summed E-state index contributed by atoms with van der Waals surface area (Å²) in [5.41, 5.74) is 2.53. The van der Waals surface area contributed by atoms with Gasteiger partial charge in [0.25, 0.3) is 5.91 Å². The fraction of sp³-hybridized carbons (Fsp3) is 0.188. The topological polar surface area (TPSA) is 34.0 Å². The number of amides is 1. The third-order valence-electron chi connectivity index (χ3n) is 3.18. The lowest BCUT2D eigenvalue weighted by Gasteiger charge is -2.10. The lowest BCUT2D eigenvalue weighted by atomic mass is 10.2. The van der Waals surface area contributed by atoms with Crippen molar-refractivity contribution in [3.05, 3.63) is 65.8 Å². The molecular formula is C16H17FN2O. The molecule has 0 unspecified atom stereocenters. The fourth-order valence-electron chi connectivity index (χ4n) is 2.26. The third kappa shape index (κ3) is 2.50. The Morgan fingerprint density at radius 3 is 2.75 bits per heavy atom. The van der Waals surface area contributed by atoms with Gasteiger partial charge in [0, 0.05) is 17.9 Å². The van der Waals surface area contributed by atoms with Gasteiger partial charge < -0.3 is 9.88 Å². The molecule has 1 N–H and O–H groups in total. The minimum absolute atomic E-state index is 0.180. The van der Waals surface area contributed by atoms with Crippen molar-refractivity contribution < 1.29 is 9.18 Å². The largest absolute Gasteiger partial charge is 0.349 e. The molecular weight excluding hydrogens is 255 g/mol. The molecule has 20 heavy (non-hydrogen) atoms. The van der Waals surface area contributed by atoms with Gasteiger partial charge in [0.15, 0.2) is 0 Å². The minimum atomic E-state index is -0.313. The monoisotopic (exact) mass is 272 g/mol. The van der Waals surface area contributed by atoms with Crippen molar-refractivity contribution in [1.29, 1.82) is 0 Å². The van der Waals surface area contributed by atoms with E-state index in [1.54, 1.807) is 34.9 Å². The fourth-order valence-corrected chi connectivity index (χ4v) is 2.26. The van der Waals surface area contributed by atoms with Gasteiger partial charge in [-0.1, -0.05) is 18.2 Å². The highest BCUT2D eigenvalue weighted by Gasteiger charge is 2.17. The predicted molar refractivity (Wildman–Crippen MR) is 77.7 cm³/mol. The number of nitrogens with zero attached hydrogens (tertiary/aromatic N) is 1. The van der Waals surface area contributed by atoms with E-state index < -0.39 is 0 Å². The Morgan fingerprint density at radius 2 is 2.10 bits per heavy atom. The number of aromatic nitrogens is 1. The number of benzene rings is 1. The highest BCUT2D eigenvalue weighted by Crippen LogP contribution is 2.22. The molecule has 0 fully saturated rings. The van der Waals surface area contributed by atoms with Crippen LogP contribution in [0.2, 0.25) is 0 Å². The predicted octanol–water partition coefficient (Wildman–Crippen LogP) is 3.15. The molecule has 1 amide bonds. The van der Waals surface area contributed by atoms with Crippen LogP contribution in [0.25, 0.3) is 5.69 Å². The molecule has 0 spiro atoms. The Morgan fingerprint density at radius 1 is 1.40 bits per heavy atom. The highest BCUT2D eigenvalue weighted by molar-refractivity contribution is 5.96. The first-order chi connectivity index (χ1) is 9.56. The van der Waals surface area contributed by atoms with E-state index in [2.05, 4.69) is 11.9 Å². The lowest BCUT2D eigenvalue weighted by molar-refractivity contribution is 0.0957. The number of aryl methyl sites for hydroxylation is 1. The summed E-state index contributed by atoms with van der Waals surface area (Å²) in [4.78, 5) is 12.0. The molecule has 4 heteroatoms. The normalized spacial score (nSPS) is 10.3. The van der Waals surface area contributed by atoms with E-state index in [1.165, 1.54) is 6.07 Å². The number of rotatable bonds is 4. The van der Waals surface area contributed by atoms with Crippen LogP contribution in [0.5, 0.6) is 0 Å². The average Bonchev–Trinajstić information content (AvgIpc) is 2.72. The lowest BCUT2D eigenvalue weighted by Crippen LogP contribution is -2.23. The summed E-state index contributed by atoms with van der Waals surface area (Å²) >= 11 is 0. The number of carbonyl (C=O) groups excluding carboxylic acids is 1. The zero-order valence-corrected chi connectivity index (χ0v) is 11.6. The highest BCUT2D eigenvalue weighted by atomic mass is 19.1. The van der Waals surface area contributed by atoms with Gasteiger partial charge in [-0.2, -0.15) is 0 Å². The van der Waals surface area contributed by atoms with Gasteiger partial charge in [-0.3, -0.25) is 4.79 Å². The van der Waals surface area contributed by atoms with Crippen molar-refractivity contribution in [2.75, 3.05) is 6.54 Å². The maximum absolute atomic E-state index is 13.9. The second kappa shape index (κ2) is 5.74. The second-order valence-corrected chi connectivity index (χ2v) is 4.57. The number of hydrogen-bond donors (Lipinski definition) is 1. The van der Waals surface area contributed by atoms with Gasteiger partial charge in [0.1, 0.15) is 5.82 Å². The van der Waals surface area contributed by atoms with Crippen LogP contribution in [-0.2, 0) is 0 Å². The summed E-state index contributed by atoms with van der Waals surface area (Å²) in [6.45, 7) is 7.62. The Bertz CT molecular complexity index is 658. The molecule has 0 saturated heterocycles.